The highest BCUT2D eigenvalue weighted by molar-refractivity contribution is 7.89. The fourth-order valence-electron chi connectivity index (χ4n) is 3.67. The zero-order valence-electron chi connectivity index (χ0n) is 17.1. The second-order valence-corrected chi connectivity index (χ2v) is 10.2. The fraction of sp³-hybridized carbons (Fsp3) is 0.409. The van der Waals surface area contributed by atoms with Gasteiger partial charge in [0.25, 0.3) is 0 Å². The molecule has 162 valence electrons. The first-order valence-electron chi connectivity index (χ1n) is 10.1. The SMILES string of the molecule is CCc1ccc(C(C)NC(=O)C2CCN(S(=O)(=O)c3c(Cl)cccc3Cl)CC2)cc1. The highest BCUT2D eigenvalue weighted by Crippen LogP contribution is 2.33. The summed E-state index contributed by atoms with van der Waals surface area (Å²) in [4.78, 5) is 12.6. The van der Waals surface area contributed by atoms with Crippen molar-refractivity contribution < 1.29 is 13.2 Å². The molecule has 0 aliphatic carbocycles. The molecule has 1 atom stereocenters. The predicted molar refractivity (Wildman–Crippen MR) is 120 cm³/mol. The number of halogens is 2. The van der Waals surface area contributed by atoms with Crippen LogP contribution in [0.1, 0.15) is 43.9 Å². The number of hydrogen-bond acceptors (Lipinski definition) is 3. The number of amides is 1. The van der Waals surface area contributed by atoms with Gasteiger partial charge in [-0.3, -0.25) is 4.79 Å². The van der Waals surface area contributed by atoms with Crippen LogP contribution < -0.4 is 5.32 Å². The molecule has 0 spiro atoms. The van der Waals surface area contributed by atoms with Gasteiger partial charge in [-0.1, -0.05) is 60.5 Å². The lowest BCUT2D eigenvalue weighted by Gasteiger charge is -2.31. The monoisotopic (exact) mass is 468 g/mol. The molecule has 1 aliphatic rings. The number of benzene rings is 2. The summed E-state index contributed by atoms with van der Waals surface area (Å²) in [5.74, 6) is -0.273. The van der Waals surface area contributed by atoms with Crippen LogP contribution in [0, 0.1) is 5.92 Å². The molecular weight excluding hydrogens is 443 g/mol. The van der Waals surface area contributed by atoms with Gasteiger partial charge in [0.2, 0.25) is 15.9 Å². The van der Waals surface area contributed by atoms with Crippen LogP contribution >= 0.6 is 23.2 Å². The van der Waals surface area contributed by atoms with Crippen LogP contribution in [0.4, 0.5) is 0 Å². The molecule has 0 bridgehead atoms. The van der Waals surface area contributed by atoms with Gasteiger partial charge in [-0.2, -0.15) is 4.31 Å². The number of sulfonamides is 1. The molecule has 1 amide bonds. The molecule has 1 saturated heterocycles. The standard InChI is InChI=1S/C22H26Cl2N2O3S/c1-3-16-7-9-17(10-8-16)15(2)25-22(27)18-11-13-26(14-12-18)30(28,29)21-19(23)5-4-6-20(21)24/h4-10,15,18H,3,11-14H2,1-2H3,(H,25,27). The van der Waals surface area contributed by atoms with Gasteiger partial charge in [-0.25, -0.2) is 8.42 Å². The number of nitrogens with one attached hydrogen (secondary N) is 1. The van der Waals surface area contributed by atoms with E-state index in [1.165, 1.54) is 22.0 Å². The van der Waals surface area contributed by atoms with Crippen molar-refractivity contribution in [3.8, 4) is 0 Å². The smallest absolute Gasteiger partial charge is 0.246 e. The topological polar surface area (TPSA) is 66.5 Å². The molecule has 30 heavy (non-hydrogen) atoms. The Balaban J connectivity index is 1.61. The average molecular weight is 469 g/mol. The van der Waals surface area contributed by atoms with Crippen molar-refractivity contribution in [3.05, 3.63) is 63.6 Å². The summed E-state index contributed by atoms with van der Waals surface area (Å²) in [6.45, 7) is 4.56. The summed E-state index contributed by atoms with van der Waals surface area (Å²) in [5, 5.41) is 3.26. The molecule has 1 fully saturated rings. The van der Waals surface area contributed by atoms with E-state index in [0.29, 0.717) is 12.8 Å². The average Bonchev–Trinajstić information content (AvgIpc) is 2.73. The summed E-state index contributed by atoms with van der Waals surface area (Å²) < 4.78 is 27.3. The van der Waals surface area contributed by atoms with Crippen molar-refractivity contribution >= 4 is 39.1 Å². The zero-order valence-corrected chi connectivity index (χ0v) is 19.4. The van der Waals surface area contributed by atoms with Crippen LogP contribution in [0.5, 0.6) is 0 Å². The zero-order chi connectivity index (χ0) is 21.9. The van der Waals surface area contributed by atoms with Gasteiger partial charge < -0.3 is 5.32 Å². The normalized spacial score (nSPS) is 16.9. The molecule has 0 aromatic heterocycles. The second kappa shape index (κ2) is 9.69. The van der Waals surface area contributed by atoms with Gasteiger partial charge in [0, 0.05) is 19.0 Å². The Kier molecular flexibility index (Phi) is 7.45. The molecule has 0 radical (unpaired) electrons. The van der Waals surface area contributed by atoms with Crippen molar-refractivity contribution in [2.75, 3.05) is 13.1 Å². The second-order valence-electron chi connectivity index (χ2n) is 7.55. The van der Waals surface area contributed by atoms with E-state index >= 15 is 0 Å². The van der Waals surface area contributed by atoms with E-state index < -0.39 is 10.0 Å². The minimum Gasteiger partial charge on any atom is -0.349 e. The maximum atomic E-state index is 13.0. The number of nitrogens with zero attached hydrogens (tertiary/aromatic N) is 1. The third kappa shape index (κ3) is 4.99. The first-order chi connectivity index (χ1) is 14.2. The van der Waals surface area contributed by atoms with Crippen molar-refractivity contribution in [3.63, 3.8) is 0 Å². The van der Waals surface area contributed by atoms with Crippen molar-refractivity contribution in [2.24, 2.45) is 5.92 Å². The highest BCUT2D eigenvalue weighted by atomic mass is 35.5. The maximum absolute atomic E-state index is 13.0. The number of carbonyl (C=O) groups is 1. The summed E-state index contributed by atoms with van der Waals surface area (Å²) in [6, 6.07) is 12.7. The minimum atomic E-state index is -3.81. The molecule has 3 rings (SSSR count). The van der Waals surface area contributed by atoms with E-state index in [0.717, 1.165) is 12.0 Å². The quantitative estimate of drug-likeness (QED) is 0.659. The maximum Gasteiger partial charge on any atom is 0.246 e. The molecule has 1 N–H and O–H groups in total. The first kappa shape index (κ1) is 23.1. The van der Waals surface area contributed by atoms with Crippen LogP contribution in [0.25, 0.3) is 0 Å². The minimum absolute atomic E-state index is 0.0464. The molecule has 1 heterocycles. The van der Waals surface area contributed by atoms with Crippen LogP contribution in [-0.2, 0) is 21.2 Å². The van der Waals surface area contributed by atoms with Crippen molar-refractivity contribution in [1.82, 2.24) is 9.62 Å². The Bertz CT molecular complexity index is 981. The Morgan fingerprint density at radius 3 is 2.20 bits per heavy atom. The van der Waals surface area contributed by atoms with Crippen molar-refractivity contribution in [2.45, 2.75) is 44.0 Å². The molecule has 8 heteroatoms. The van der Waals surface area contributed by atoms with Crippen LogP contribution in [0.3, 0.4) is 0 Å². The Morgan fingerprint density at radius 1 is 1.10 bits per heavy atom. The summed E-state index contributed by atoms with van der Waals surface area (Å²) in [6.07, 6.45) is 1.88. The lowest BCUT2D eigenvalue weighted by atomic mass is 9.96. The summed E-state index contributed by atoms with van der Waals surface area (Å²) in [5.41, 5.74) is 2.30. The summed E-state index contributed by atoms with van der Waals surface area (Å²) in [7, 11) is -3.81. The Morgan fingerprint density at radius 2 is 1.67 bits per heavy atom. The van der Waals surface area contributed by atoms with Gasteiger partial charge in [-0.15, -0.1) is 0 Å². The van der Waals surface area contributed by atoms with E-state index in [9.17, 15) is 13.2 Å². The number of piperidine rings is 1. The van der Waals surface area contributed by atoms with E-state index in [1.54, 1.807) is 6.07 Å². The predicted octanol–water partition coefficient (Wildman–Crippen LogP) is 4.83. The molecular formula is C22H26Cl2N2O3S. The van der Waals surface area contributed by atoms with E-state index in [-0.39, 0.29) is 45.9 Å². The van der Waals surface area contributed by atoms with E-state index in [2.05, 4.69) is 24.4 Å². The first-order valence-corrected chi connectivity index (χ1v) is 12.3. The van der Waals surface area contributed by atoms with Gasteiger partial charge in [0.05, 0.1) is 16.1 Å². The Labute approximate surface area is 188 Å². The van der Waals surface area contributed by atoms with E-state index in [1.807, 2.05) is 19.1 Å². The number of hydrogen-bond donors (Lipinski definition) is 1. The molecule has 2 aromatic rings. The van der Waals surface area contributed by atoms with E-state index in [4.69, 9.17) is 23.2 Å². The molecule has 1 aliphatic heterocycles. The van der Waals surface area contributed by atoms with Crippen LogP contribution in [0.2, 0.25) is 10.0 Å². The third-order valence-corrected chi connectivity index (χ3v) is 8.44. The lowest BCUT2D eigenvalue weighted by molar-refractivity contribution is -0.126. The van der Waals surface area contributed by atoms with Crippen LogP contribution in [0.15, 0.2) is 47.4 Å². The Hall–Kier alpha value is -1.60. The highest BCUT2D eigenvalue weighted by Gasteiger charge is 2.34. The van der Waals surface area contributed by atoms with Gasteiger partial charge >= 0.3 is 0 Å². The van der Waals surface area contributed by atoms with Crippen LogP contribution in [-0.4, -0.2) is 31.7 Å². The lowest BCUT2D eigenvalue weighted by Crippen LogP contribution is -2.43. The fourth-order valence-corrected chi connectivity index (χ4v) is 6.23. The number of carbonyl (C=O) groups excluding carboxylic acids is 1. The molecule has 2 aromatic carbocycles. The number of rotatable bonds is 6. The third-order valence-electron chi connectivity index (χ3n) is 5.59. The molecule has 0 saturated carbocycles. The number of aryl methyl sites for hydroxylation is 1. The van der Waals surface area contributed by atoms with Gasteiger partial charge in [-0.05, 0) is 49.4 Å². The van der Waals surface area contributed by atoms with Gasteiger partial charge in [0.15, 0.2) is 0 Å². The van der Waals surface area contributed by atoms with Gasteiger partial charge in [0.1, 0.15) is 4.90 Å². The largest absolute Gasteiger partial charge is 0.349 e. The van der Waals surface area contributed by atoms with Crippen molar-refractivity contribution in [1.29, 1.82) is 0 Å². The molecule has 1 unspecified atom stereocenters. The molecule has 5 nitrogen and oxygen atoms in total. The summed E-state index contributed by atoms with van der Waals surface area (Å²) >= 11 is 12.2.